The number of amides is 3. The normalized spacial score (nSPS) is 19.5. The van der Waals surface area contributed by atoms with Crippen molar-refractivity contribution in [2.75, 3.05) is 13.1 Å². The highest BCUT2D eigenvalue weighted by Crippen LogP contribution is 2.20. The van der Waals surface area contributed by atoms with Gasteiger partial charge in [-0.25, -0.2) is 4.79 Å². The lowest BCUT2D eigenvalue weighted by Crippen LogP contribution is -2.49. The monoisotopic (exact) mass is 325 g/mol. The molecule has 126 valence electrons. The molecule has 0 spiro atoms. The number of hydrogen-bond donors (Lipinski definition) is 2. The van der Waals surface area contributed by atoms with Crippen molar-refractivity contribution >= 4 is 22.7 Å². The predicted molar refractivity (Wildman–Crippen MR) is 94.7 cm³/mol. The zero-order valence-electron chi connectivity index (χ0n) is 14.1. The van der Waals surface area contributed by atoms with E-state index in [-0.39, 0.29) is 18.0 Å². The van der Waals surface area contributed by atoms with Crippen molar-refractivity contribution in [3.05, 3.63) is 48.0 Å². The highest BCUT2D eigenvalue weighted by molar-refractivity contribution is 5.87. The highest BCUT2D eigenvalue weighted by Gasteiger charge is 2.28. The van der Waals surface area contributed by atoms with Crippen LogP contribution in [0.15, 0.2) is 42.5 Å². The summed E-state index contributed by atoms with van der Waals surface area (Å²) in [7, 11) is 0. The second kappa shape index (κ2) is 6.91. The number of fused-ring (bicyclic) bond motifs is 1. The molecule has 3 amide bonds. The first-order chi connectivity index (χ1) is 11.6. The molecule has 2 aromatic carbocycles. The molecule has 0 saturated carbocycles. The first kappa shape index (κ1) is 16.3. The molecule has 5 nitrogen and oxygen atoms in total. The molecule has 0 bridgehead atoms. The summed E-state index contributed by atoms with van der Waals surface area (Å²) in [4.78, 5) is 26.1. The molecular weight excluding hydrogens is 302 g/mol. The van der Waals surface area contributed by atoms with Crippen LogP contribution in [0.1, 0.15) is 31.9 Å². The van der Waals surface area contributed by atoms with Crippen LogP contribution in [0, 0.1) is 0 Å². The van der Waals surface area contributed by atoms with Gasteiger partial charge in [0, 0.05) is 13.1 Å². The summed E-state index contributed by atoms with van der Waals surface area (Å²) in [5.41, 5.74) is 1.05. The fraction of sp³-hybridized carbons (Fsp3) is 0.368. The molecule has 2 atom stereocenters. The van der Waals surface area contributed by atoms with E-state index in [0.29, 0.717) is 13.1 Å². The summed E-state index contributed by atoms with van der Waals surface area (Å²) in [5, 5.41) is 8.17. The number of nitrogens with one attached hydrogen (secondary N) is 2. The van der Waals surface area contributed by atoms with Crippen molar-refractivity contribution in [1.82, 2.24) is 15.5 Å². The Balaban J connectivity index is 1.73. The minimum Gasteiger partial charge on any atom is -0.354 e. The Kier molecular flexibility index (Phi) is 4.69. The van der Waals surface area contributed by atoms with E-state index in [1.54, 1.807) is 11.8 Å². The predicted octanol–water partition coefficient (Wildman–Crippen LogP) is 2.82. The van der Waals surface area contributed by atoms with Gasteiger partial charge in [0.1, 0.15) is 6.04 Å². The largest absolute Gasteiger partial charge is 0.354 e. The van der Waals surface area contributed by atoms with Crippen LogP contribution in [0.3, 0.4) is 0 Å². The molecule has 1 fully saturated rings. The average molecular weight is 325 g/mol. The standard InChI is InChI=1S/C19H23N3O2/c1-13(16-9-8-15-6-3-4-7-17(15)12-16)21-19(24)22-11-5-10-20-18(23)14(22)2/h3-4,6-9,12-14H,5,10-11H2,1-2H3,(H,20,23)(H,21,24)/t13-,14+/m0/s1. The van der Waals surface area contributed by atoms with Gasteiger partial charge < -0.3 is 15.5 Å². The number of carbonyl (C=O) groups excluding carboxylic acids is 2. The van der Waals surface area contributed by atoms with Gasteiger partial charge in [-0.2, -0.15) is 0 Å². The number of hydrogen-bond acceptors (Lipinski definition) is 2. The van der Waals surface area contributed by atoms with Crippen LogP contribution in [-0.2, 0) is 4.79 Å². The van der Waals surface area contributed by atoms with E-state index in [0.717, 1.165) is 17.4 Å². The van der Waals surface area contributed by atoms with Gasteiger partial charge in [-0.05, 0) is 42.7 Å². The molecule has 0 unspecified atom stereocenters. The fourth-order valence-electron chi connectivity index (χ4n) is 3.05. The Morgan fingerprint density at radius 1 is 1.25 bits per heavy atom. The lowest BCUT2D eigenvalue weighted by Gasteiger charge is -2.27. The highest BCUT2D eigenvalue weighted by atomic mass is 16.2. The van der Waals surface area contributed by atoms with Crippen LogP contribution in [0.25, 0.3) is 10.8 Å². The zero-order chi connectivity index (χ0) is 17.1. The summed E-state index contributed by atoms with van der Waals surface area (Å²) in [6.07, 6.45) is 0.772. The minimum absolute atomic E-state index is 0.0963. The Morgan fingerprint density at radius 2 is 2.00 bits per heavy atom. The van der Waals surface area contributed by atoms with Crippen molar-refractivity contribution in [3.63, 3.8) is 0 Å². The van der Waals surface area contributed by atoms with Gasteiger partial charge in [-0.3, -0.25) is 4.79 Å². The number of rotatable bonds is 2. The average Bonchev–Trinajstić information content (AvgIpc) is 2.76. The topological polar surface area (TPSA) is 61.4 Å². The second-order valence-corrected chi connectivity index (χ2v) is 6.29. The molecule has 3 rings (SSSR count). The van der Waals surface area contributed by atoms with Crippen LogP contribution < -0.4 is 10.6 Å². The van der Waals surface area contributed by atoms with Crippen LogP contribution >= 0.6 is 0 Å². The molecule has 1 aliphatic heterocycles. The van der Waals surface area contributed by atoms with Gasteiger partial charge >= 0.3 is 6.03 Å². The van der Waals surface area contributed by atoms with E-state index in [1.165, 1.54) is 5.39 Å². The van der Waals surface area contributed by atoms with Gasteiger partial charge in [0.15, 0.2) is 0 Å². The molecule has 1 heterocycles. The summed E-state index contributed by atoms with van der Waals surface area (Å²) < 4.78 is 0. The number of urea groups is 1. The third-order valence-electron chi connectivity index (χ3n) is 4.60. The maximum Gasteiger partial charge on any atom is 0.318 e. The van der Waals surface area contributed by atoms with E-state index in [9.17, 15) is 9.59 Å². The summed E-state index contributed by atoms with van der Waals surface area (Å²) >= 11 is 0. The van der Waals surface area contributed by atoms with Crippen molar-refractivity contribution in [3.8, 4) is 0 Å². The first-order valence-electron chi connectivity index (χ1n) is 8.40. The van der Waals surface area contributed by atoms with Crippen LogP contribution in [0.5, 0.6) is 0 Å². The van der Waals surface area contributed by atoms with Gasteiger partial charge in [0.2, 0.25) is 5.91 Å². The van der Waals surface area contributed by atoms with E-state index in [2.05, 4.69) is 34.9 Å². The minimum atomic E-state index is -0.448. The molecule has 5 heteroatoms. The van der Waals surface area contributed by atoms with Gasteiger partial charge in [0.05, 0.1) is 6.04 Å². The molecule has 1 saturated heterocycles. The van der Waals surface area contributed by atoms with E-state index in [4.69, 9.17) is 0 Å². The molecule has 0 radical (unpaired) electrons. The smallest absolute Gasteiger partial charge is 0.318 e. The van der Waals surface area contributed by atoms with Crippen molar-refractivity contribution in [1.29, 1.82) is 0 Å². The molecule has 2 aromatic rings. The molecular formula is C19H23N3O2. The van der Waals surface area contributed by atoms with Crippen molar-refractivity contribution in [2.45, 2.75) is 32.4 Å². The third kappa shape index (κ3) is 3.35. The molecule has 24 heavy (non-hydrogen) atoms. The summed E-state index contributed by atoms with van der Waals surface area (Å²) in [6, 6.07) is 13.6. The number of benzene rings is 2. The van der Waals surface area contributed by atoms with Crippen molar-refractivity contribution in [2.24, 2.45) is 0 Å². The third-order valence-corrected chi connectivity index (χ3v) is 4.60. The molecule has 0 aliphatic carbocycles. The van der Waals surface area contributed by atoms with Crippen LogP contribution in [0.4, 0.5) is 4.79 Å². The van der Waals surface area contributed by atoms with Crippen molar-refractivity contribution < 1.29 is 9.59 Å². The van der Waals surface area contributed by atoms with E-state index < -0.39 is 6.04 Å². The molecule has 0 aromatic heterocycles. The first-order valence-corrected chi connectivity index (χ1v) is 8.40. The van der Waals surface area contributed by atoms with Crippen LogP contribution in [0.2, 0.25) is 0 Å². The van der Waals surface area contributed by atoms with Crippen LogP contribution in [-0.4, -0.2) is 36.0 Å². The molecule has 2 N–H and O–H groups in total. The van der Waals surface area contributed by atoms with Gasteiger partial charge in [0.25, 0.3) is 0 Å². The molecule has 1 aliphatic rings. The van der Waals surface area contributed by atoms with E-state index >= 15 is 0 Å². The lowest BCUT2D eigenvalue weighted by atomic mass is 10.0. The Morgan fingerprint density at radius 3 is 2.79 bits per heavy atom. The fourth-order valence-corrected chi connectivity index (χ4v) is 3.05. The summed E-state index contributed by atoms with van der Waals surface area (Å²) in [6.45, 7) is 4.93. The number of nitrogens with zero attached hydrogens (tertiary/aromatic N) is 1. The Bertz CT molecular complexity index is 759. The maximum atomic E-state index is 12.6. The Hall–Kier alpha value is -2.56. The van der Waals surface area contributed by atoms with E-state index in [1.807, 2.05) is 25.1 Å². The lowest BCUT2D eigenvalue weighted by molar-refractivity contribution is -0.124. The van der Waals surface area contributed by atoms with Gasteiger partial charge in [-0.15, -0.1) is 0 Å². The Labute approximate surface area is 142 Å². The zero-order valence-corrected chi connectivity index (χ0v) is 14.1. The maximum absolute atomic E-state index is 12.6. The SMILES string of the molecule is C[C@H](NC(=O)N1CCCNC(=O)[C@H]1C)c1ccc2ccccc2c1. The van der Waals surface area contributed by atoms with Gasteiger partial charge in [-0.1, -0.05) is 36.4 Å². The summed E-state index contributed by atoms with van der Waals surface area (Å²) in [5.74, 6) is -0.0963. The second-order valence-electron chi connectivity index (χ2n) is 6.29. The number of carbonyl (C=O) groups is 2. The quantitative estimate of drug-likeness (QED) is 0.892.